The Morgan fingerprint density at radius 1 is 1.03 bits per heavy atom. The molecule has 0 bridgehead atoms. The molecule has 7 nitrogen and oxygen atoms in total. The van der Waals surface area contributed by atoms with Gasteiger partial charge in [0.2, 0.25) is 0 Å². The Bertz CT molecular complexity index is 890. The lowest BCUT2D eigenvalue weighted by atomic mass is 10.2. The first-order valence-corrected chi connectivity index (χ1v) is 10.7. The number of hydrazine groups is 1. The van der Waals surface area contributed by atoms with Crippen molar-refractivity contribution in [3.8, 4) is 11.5 Å². The van der Waals surface area contributed by atoms with Crippen LogP contribution in [-0.4, -0.2) is 30.1 Å². The summed E-state index contributed by atoms with van der Waals surface area (Å²) in [6.45, 7) is 4.47. The lowest BCUT2D eigenvalue weighted by molar-refractivity contribution is -0.123. The highest BCUT2D eigenvalue weighted by Crippen LogP contribution is 2.26. The first-order valence-electron chi connectivity index (χ1n) is 9.47. The van der Waals surface area contributed by atoms with Crippen LogP contribution in [-0.2, 0) is 11.2 Å². The minimum atomic E-state index is -0.439. The molecule has 0 saturated heterocycles. The van der Waals surface area contributed by atoms with E-state index in [1.54, 1.807) is 30.3 Å². The van der Waals surface area contributed by atoms with Gasteiger partial charge < -0.3 is 9.47 Å². The zero-order chi connectivity index (χ0) is 21.9. The van der Waals surface area contributed by atoms with E-state index < -0.39 is 11.8 Å². The van der Waals surface area contributed by atoms with E-state index in [-0.39, 0.29) is 11.7 Å². The topological polar surface area (TPSA) is 88.7 Å². The maximum Gasteiger partial charge on any atom is 0.276 e. The molecule has 0 spiro atoms. The number of nitrogens with one attached hydrogen (secondary N) is 3. The molecule has 0 fully saturated rings. The van der Waals surface area contributed by atoms with Crippen molar-refractivity contribution in [1.82, 2.24) is 16.2 Å². The average molecular weight is 494 g/mol. The van der Waals surface area contributed by atoms with Gasteiger partial charge in [0.05, 0.1) is 11.1 Å². The number of rotatable bonds is 8. The van der Waals surface area contributed by atoms with Crippen molar-refractivity contribution in [3.63, 3.8) is 0 Å². The first kappa shape index (κ1) is 23.6. The van der Waals surface area contributed by atoms with Gasteiger partial charge in [-0.15, -0.1) is 0 Å². The summed E-state index contributed by atoms with van der Waals surface area (Å²) in [5.74, 6) is 0.393. The van der Waals surface area contributed by atoms with Gasteiger partial charge in [-0.2, -0.15) is 0 Å². The number of benzene rings is 2. The van der Waals surface area contributed by atoms with Gasteiger partial charge in [0.1, 0.15) is 11.5 Å². The molecule has 160 valence electrons. The maximum atomic E-state index is 12.3. The SMILES string of the molecule is CCCOc1ccc(C(=O)NC(=S)NNC(=O)COc2ccc(CC)cc2)cc1Br. The predicted molar refractivity (Wildman–Crippen MR) is 123 cm³/mol. The van der Waals surface area contributed by atoms with E-state index >= 15 is 0 Å². The smallest absolute Gasteiger partial charge is 0.276 e. The van der Waals surface area contributed by atoms with Gasteiger partial charge in [-0.05, 0) is 76.9 Å². The van der Waals surface area contributed by atoms with Crippen molar-refractivity contribution < 1.29 is 19.1 Å². The molecule has 0 heterocycles. The molecule has 9 heteroatoms. The molecular weight excluding hydrogens is 470 g/mol. The highest BCUT2D eigenvalue weighted by Gasteiger charge is 2.11. The molecule has 2 rings (SSSR count). The number of thiocarbonyl (C=S) groups is 1. The second kappa shape index (κ2) is 12.1. The molecule has 0 aliphatic carbocycles. The fourth-order valence-corrected chi connectivity index (χ4v) is 2.95. The quantitative estimate of drug-likeness (QED) is 0.385. The van der Waals surface area contributed by atoms with Crippen molar-refractivity contribution in [2.45, 2.75) is 26.7 Å². The van der Waals surface area contributed by atoms with E-state index in [2.05, 4.69) is 39.0 Å². The van der Waals surface area contributed by atoms with Gasteiger partial charge in [0.25, 0.3) is 11.8 Å². The number of hydrogen-bond donors (Lipinski definition) is 3. The molecule has 0 aliphatic heterocycles. The highest BCUT2D eigenvalue weighted by molar-refractivity contribution is 9.10. The maximum absolute atomic E-state index is 12.3. The predicted octanol–water partition coefficient (Wildman–Crippen LogP) is 3.51. The zero-order valence-electron chi connectivity index (χ0n) is 16.8. The third-order valence-corrected chi connectivity index (χ3v) is 4.72. The summed E-state index contributed by atoms with van der Waals surface area (Å²) in [5.41, 5.74) is 6.43. The van der Waals surface area contributed by atoms with Gasteiger partial charge in [-0.3, -0.25) is 25.8 Å². The van der Waals surface area contributed by atoms with Crippen LogP contribution in [0.1, 0.15) is 36.2 Å². The molecule has 0 aliphatic rings. The first-order chi connectivity index (χ1) is 14.4. The summed E-state index contributed by atoms with van der Waals surface area (Å²) < 4.78 is 11.6. The van der Waals surface area contributed by atoms with Crippen LogP contribution in [0.25, 0.3) is 0 Å². The lowest BCUT2D eigenvalue weighted by Crippen LogP contribution is -2.49. The van der Waals surface area contributed by atoms with E-state index in [4.69, 9.17) is 21.7 Å². The van der Waals surface area contributed by atoms with Crippen LogP contribution >= 0.6 is 28.1 Å². The number of halogens is 1. The van der Waals surface area contributed by atoms with Crippen LogP contribution in [0.5, 0.6) is 11.5 Å². The number of amides is 2. The summed E-state index contributed by atoms with van der Waals surface area (Å²) in [5, 5.41) is 2.45. The molecular formula is C21H24BrN3O4S. The summed E-state index contributed by atoms with van der Waals surface area (Å²) in [7, 11) is 0. The van der Waals surface area contributed by atoms with Crippen molar-refractivity contribution in [2.75, 3.05) is 13.2 Å². The fourth-order valence-electron chi connectivity index (χ4n) is 2.31. The van der Waals surface area contributed by atoms with Crippen molar-refractivity contribution in [1.29, 1.82) is 0 Å². The highest BCUT2D eigenvalue weighted by atomic mass is 79.9. The number of ether oxygens (including phenoxy) is 2. The zero-order valence-corrected chi connectivity index (χ0v) is 19.2. The molecule has 2 aromatic rings. The van der Waals surface area contributed by atoms with Gasteiger partial charge in [0.15, 0.2) is 11.7 Å². The normalized spacial score (nSPS) is 10.1. The molecule has 30 heavy (non-hydrogen) atoms. The summed E-state index contributed by atoms with van der Waals surface area (Å²) in [4.78, 5) is 24.2. The summed E-state index contributed by atoms with van der Waals surface area (Å²) in [6, 6.07) is 12.5. The summed E-state index contributed by atoms with van der Waals surface area (Å²) in [6.07, 6.45) is 1.82. The third-order valence-electron chi connectivity index (χ3n) is 3.90. The fraction of sp³-hybridized carbons (Fsp3) is 0.286. The molecule has 3 N–H and O–H groups in total. The Labute approximate surface area is 189 Å². The molecule has 0 unspecified atom stereocenters. The van der Waals surface area contributed by atoms with Crippen molar-refractivity contribution in [2.24, 2.45) is 0 Å². The minimum absolute atomic E-state index is 0.0388. The van der Waals surface area contributed by atoms with Crippen LogP contribution in [0.2, 0.25) is 0 Å². The standard InChI is InChI=1S/C21H24BrN3O4S/c1-3-11-28-18-10-7-15(12-17(18)22)20(27)23-21(30)25-24-19(26)13-29-16-8-5-14(4-2)6-9-16/h5-10,12H,3-4,11,13H2,1-2H3,(H,24,26)(H2,23,25,27,30). The van der Waals surface area contributed by atoms with Crippen LogP contribution in [0.3, 0.4) is 0 Å². The molecule has 0 radical (unpaired) electrons. The van der Waals surface area contributed by atoms with Gasteiger partial charge in [0, 0.05) is 5.56 Å². The van der Waals surface area contributed by atoms with E-state index in [0.29, 0.717) is 28.1 Å². The second-order valence-corrected chi connectivity index (χ2v) is 7.50. The lowest BCUT2D eigenvalue weighted by Gasteiger charge is -2.12. The Morgan fingerprint density at radius 3 is 2.40 bits per heavy atom. The monoisotopic (exact) mass is 493 g/mol. The summed E-state index contributed by atoms with van der Waals surface area (Å²) >= 11 is 8.42. The van der Waals surface area contributed by atoms with E-state index in [9.17, 15) is 9.59 Å². The molecule has 0 atom stereocenters. The Balaban J connectivity index is 1.75. The molecule has 0 saturated carbocycles. The Hall–Kier alpha value is -2.65. The van der Waals surface area contributed by atoms with Crippen molar-refractivity contribution >= 4 is 45.1 Å². The van der Waals surface area contributed by atoms with Gasteiger partial charge in [-0.25, -0.2) is 0 Å². The molecule has 0 aromatic heterocycles. The largest absolute Gasteiger partial charge is 0.492 e. The second-order valence-electron chi connectivity index (χ2n) is 6.24. The van der Waals surface area contributed by atoms with E-state index in [1.165, 1.54) is 5.56 Å². The molecule has 2 amide bonds. The number of aryl methyl sites for hydroxylation is 1. The van der Waals surface area contributed by atoms with E-state index in [1.807, 2.05) is 19.1 Å². The number of carbonyl (C=O) groups is 2. The van der Waals surface area contributed by atoms with Crippen molar-refractivity contribution in [3.05, 3.63) is 58.1 Å². The van der Waals surface area contributed by atoms with Gasteiger partial charge >= 0.3 is 0 Å². The Morgan fingerprint density at radius 2 is 1.77 bits per heavy atom. The van der Waals surface area contributed by atoms with Crippen LogP contribution in [0.4, 0.5) is 0 Å². The van der Waals surface area contributed by atoms with Crippen LogP contribution < -0.4 is 25.6 Å². The molecule has 2 aromatic carbocycles. The van der Waals surface area contributed by atoms with Crippen LogP contribution in [0, 0.1) is 0 Å². The average Bonchev–Trinajstić information content (AvgIpc) is 2.75. The van der Waals surface area contributed by atoms with Crippen LogP contribution in [0.15, 0.2) is 46.9 Å². The van der Waals surface area contributed by atoms with Gasteiger partial charge in [-0.1, -0.05) is 26.0 Å². The third kappa shape index (κ3) is 7.64. The number of hydrogen-bond acceptors (Lipinski definition) is 5. The minimum Gasteiger partial charge on any atom is -0.492 e. The number of carbonyl (C=O) groups excluding carboxylic acids is 2. The Kier molecular flexibility index (Phi) is 9.56. The van der Waals surface area contributed by atoms with E-state index in [0.717, 1.165) is 12.8 Å².